The van der Waals surface area contributed by atoms with E-state index in [0.29, 0.717) is 5.69 Å². The van der Waals surface area contributed by atoms with E-state index in [1.165, 1.54) is 18.0 Å². The Bertz CT molecular complexity index is 882. The van der Waals surface area contributed by atoms with Gasteiger partial charge in [-0.2, -0.15) is 0 Å². The molecule has 4 nitrogen and oxygen atoms in total. The smallest absolute Gasteiger partial charge is 0.146 e. The van der Waals surface area contributed by atoms with Gasteiger partial charge in [0.2, 0.25) is 0 Å². The molecule has 0 spiro atoms. The maximum Gasteiger partial charge on any atom is 0.146 e. The second-order valence-corrected chi connectivity index (χ2v) is 6.31. The second-order valence-electron chi connectivity index (χ2n) is 6.31. The van der Waals surface area contributed by atoms with E-state index in [4.69, 9.17) is 0 Å². The van der Waals surface area contributed by atoms with E-state index in [-0.39, 0.29) is 5.82 Å². The zero-order chi connectivity index (χ0) is 17.2. The van der Waals surface area contributed by atoms with Crippen LogP contribution in [0.25, 0.3) is 11.1 Å². The SMILES string of the molecule is CN1CCN(c2ccccc2F)c2ccc(-c3cncnc3)cc2C1. The van der Waals surface area contributed by atoms with Crippen molar-refractivity contribution in [2.75, 3.05) is 25.0 Å². The molecule has 0 amide bonds. The monoisotopic (exact) mass is 334 g/mol. The maximum atomic E-state index is 14.4. The van der Waals surface area contributed by atoms with Crippen molar-refractivity contribution in [3.63, 3.8) is 0 Å². The molecule has 0 N–H and O–H groups in total. The maximum absolute atomic E-state index is 14.4. The van der Waals surface area contributed by atoms with E-state index in [1.54, 1.807) is 6.07 Å². The van der Waals surface area contributed by atoms with E-state index in [9.17, 15) is 4.39 Å². The van der Waals surface area contributed by atoms with Crippen molar-refractivity contribution >= 4 is 11.4 Å². The van der Waals surface area contributed by atoms with Crippen molar-refractivity contribution in [3.05, 3.63) is 72.6 Å². The summed E-state index contributed by atoms with van der Waals surface area (Å²) in [6, 6.07) is 13.2. The first-order chi connectivity index (χ1) is 12.2. The average molecular weight is 334 g/mol. The number of likely N-dealkylation sites (N-methyl/N-ethyl adjacent to an activating group) is 1. The highest BCUT2D eigenvalue weighted by molar-refractivity contribution is 5.73. The molecule has 1 aliphatic rings. The van der Waals surface area contributed by atoms with Crippen molar-refractivity contribution in [1.82, 2.24) is 14.9 Å². The number of fused-ring (bicyclic) bond motifs is 1. The quantitative estimate of drug-likeness (QED) is 0.712. The molecular formula is C20H19FN4. The minimum absolute atomic E-state index is 0.196. The standard InChI is InChI=1S/C20H19FN4/c1-24-8-9-25(20-5-3-2-4-18(20)21)19-7-6-15(10-16(19)13-24)17-11-22-14-23-12-17/h2-7,10-12,14H,8-9,13H2,1H3. The number of benzene rings is 2. The van der Waals surface area contributed by atoms with Gasteiger partial charge in [0.05, 0.1) is 5.69 Å². The van der Waals surface area contributed by atoms with Crippen LogP contribution in [0.2, 0.25) is 0 Å². The summed E-state index contributed by atoms with van der Waals surface area (Å²) in [5.74, 6) is -0.196. The number of rotatable bonds is 2. The minimum atomic E-state index is -0.196. The van der Waals surface area contributed by atoms with Gasteiger partial charge in [-0.1, -0.05) is 18.2 Å². The lowest BCUT2D eigenvalue weighted by atomic mass is 10.0. The van der Waals surface area contributed by atoms with E-state index in [2.05, 4.69) is 45.0 Å². The number of anilines is 2. The van der Waals surface area contributed by atoms with Crippen molar-refractivity contribution in [1.29, 1.82) is 0 Å². The molecule has 3 aromatic rings. The lowest BCUT2D eigenvalue weighted by Gasteiger charge is -2.25. The molecule has 25 heavy (non-hydrogen) atoms. The molecule has 2 heterocycles. The third-order valence-electron chi connectivity index (χ3n) is 4.55. The number of aromatic nitrogens is 2. The summed E-state index contributed by atoms with van der Waals surface area (Å²) < 4.78 is 14.4. The van der Waals surface area contributed by atoms with Crippen LogP contribution in [0, 0.1) is 5.82 Å². The van der Waals surface area contributed by atoms with Gasteiger partial charge in [-0.15, -0.1) is 0 Å². The van der Waals surface area contributed by atoms with Crippen LogP contribution in [0.15, 0.2) is 61.2 Å². The molecule has 2 aromatic carbocycles. The third kappa shape index (κ3) is 3.10. The molecule has 4 rings (SSSR count). The topological polar surface area (TPSA) is 32.3 Å². The molecule has 0 saturated heterocycles. The zero-order valence-corrected chi connectivity index (χ0v) is 14.1. The predicted octanol–water partition coefficient (Wildman–Crippen LogP) is 3.87. The van der Waals surface area contributed by atoms with Gasteiger partial charge >= 0.3 is 0 Å². The van der Waals surface area contributed by atoms with Crippen LogP contribution in [-0.4, -0.2) is 35.0 Å². The van der Waals surface area contributed by atoms with Crippen LogP contribution >= 0.6 is 0 Å². The molecule has 0 bridgehead atoms. The second kappa shape index (κ2) is 6.61. The highest BCUT2D eigenvalue weighted by Gasteiger charge is 2.21. The molecule has 0 saturated carbocycles. The van der Waals surface area contributed by atoms with Gasteiger partial charge in [0.1, 0.15) is 12.1 Å². The van der Waals surface area contributed by atoms with Gasteiger partial charge in [0.15, 0.2) is 0 Å². The zero-order valence-electron chi connectivity index (χ0n) is 14.1. The number of hydrogen-bond donors (Lipinski definition) is 0. The molecule has 0 unspecified atom stereocenters. The molecule has 1 aromatic heterocycles. The van der Waals surface area contributed by atoms with Crippen LogP contribution in [0.1, 0.15) is 5.56 Å². The van der Waals surface area contributed by atoms with Gasteiger partial charge in [-0.05, 0) is 42.4 Å². The Labute approximate surface area is 146 Å². The highest BCUT2D eigenvalue weighted by atomic mass is 19.1. The predicted molar refractivity (Wildman–Crippen MR) is 97.2 cm³/mol. The first kappa shape index (κ1) is 15.7. The Morgan fingerprint density at radius 1 is 0.920 bits per heavy atom. The van der Waals surface area contributed by atoms with Gasteiger partial charge in [-0.25, -0.2) is 14.4 Å². The number of hydrogen-bond acceptors (Lipinski definition) is 4. The highest BCUT2D eigenvalue weighted by Crippen LogP contribution is 2.35. The fraction of sp³-hybridized carbons (Fsp3) is 0.200. The van der Waals surface area contributed by atoms with Crippen LogP contribution in [-0.2, 0) is 6.54 Å². The molecule has 0 fully saturated rings. The van der Waals surface area contributed by atoms with Crippen LogP contribution < -0.4 is 4.90 Å². The third-order valence-corrected chi connectivity index (χ3v) is 4.55. The van der Waals surface area contributed by atoms with Crippen LogP contribution in [0.4, 0.5) is 15.8 Å². The van der Waals surface area contributed by atoms with E-state index >= 15 is 0 Å². The van der Waals surface area contributed by atoms with Crippen molar-refractivity contribution in [3.8, 4) is 11.1 Å². The Morgan fingerprint density at radius 3 is 2.52 bits per heavy atom. The van der Waals surface area contributed by atoms with Gasteiger partial charge < -0.3 is 9.80 Å². The summed E-state index contributed by atoms with van der Waals surface area (Å²) in [6.07, 6.45) is 5.15. The normalized spacial score (nSPS) is 14.9. The Kier molecular flexibility index (Phi) is 4.15. The van der Waals surface area contributed by atoms with Crippen LogP contribution in [0.5, 0.6) is 0 Å². The number of para-hydroxylation sites is 1. The Hall–Kier alpha value is -2.79. The average Bonchev–Trinajstić information content (AvgIpc) is 2.80. The van der Waals surface area contributed by atoms with Crippen molar-refractivity contribution < 1.29 is 4.39 Å². The lowest BCUT2D eigenvalue weighted by molar-refractivity contribution is 0.343. The van der Waals surface area contributed by atoms with Crippen molar-refractivity contribution in [2.24, 2.45) is 0 Å². The molecule has 1 aliphatic heterocycles. The molecule has 0 atom stereocenters. The fourth-order valence-electron chi connectivity index (χ4n) is 3.29. The summed E-state index contributed by atoms with van der Waals surface area (Å²) in [7, 11) is 2.09. The first-order valence-corrected chi connectivity index (χ1v) is 8.31. The number of halogens is 1. The van der Waals surface area contributed by atoms with E-state index in [1.807, 2.05) is 24.5 Å². The minimum Gasteiger partial charge on any atom is -0.338 e. The largest absolute Gasteiger partial charge is 0.338 e. The molecule has 0 aliphatic carbocycles. The van der Waals surface area contributed by atoms with Crippen LogP contribution in [0.3, 0.4) is 0 Å². The summed E-state index contributed by atoms with van der Waals surface area (Å²) in [5.41, 5.74) is 4.90. The van der Waals surface area contributed by atoms with E-state index < -0.39 is 0 Å². The van der Waals surface area contributed by atoms with Gasteiger partial charge in [0, 0.05) is 43.3 Å². The summed E-state index contributed by atoms with van der Waals surface area (Å²) in [5, 5.41) is 0. The molecule has 126 valence electrons. The van der Waals surface area contributed by atoms with Crippen molar-refractivity contribution in [2.45, 2.75) is 6.54 Å². The summed E-state index contributed by atoms with van der Waals surface area (Å²) in [6.45, 7) is 2.44. The van der Waals surface area contributed by atoms with Gasteiger partial charge in [-0.3, -0.25) is 0 Å². The van der Waals surface area contributed by atoms with Gasteiger partial charge in [0.25, 0.3) is 0 Å². The summed E-state index contributed by atoms with van der Waals surface area (Å²) in [4.78, 5) is 12.5. The Morgan fingerprint density at radius 2 is 1.72 bits per heavy atom. The summed E-state index contributed by atoms with van der Waals surface area (Å²) >= 11 is 0. The molecule has 0 radical (unpaired) electrons. The number of nitrogens with zero attached hydrogens (tertiary/aromatic N) is 4. The van der Waals surface area contributed by atoms with E-state index in [0.717, 1.165) is 36.4 Å². The molecule has 5 heteroatoms. The molecular weight excluding hydrogens is 315 g/mol. The fourth-order valence-corrected chi connectivity index (χ4v) is 3.29. The Balaban J connectivity index is 1.81. The first-order valence-electron chi connectivity index (χ1n) is 8.31. The lowest BCUT2D eigenvalue weighted by Crippen LogP contribution is -2.26.